The van der Waals surface area contributed by atoms with Crippen LogP contribution in [0.15, 0.2) is 24.3 Å². The molecule has 8 nitrogen and oxygen atoms in total. The SMILES string of the molecule is CCN1CCN(CCCCOc2ccc(C#N)cc2)CC1.O=C(O)C(=O)O. The van der Waals surface area contributed by atoms with E-state index in [2.05, 4.69) is 22.8 Å². The first-order valence-corrected chi connectivity index (χ1v) is 9.00. The summed E-state index contributed by atoms with van der Waals surface area (Å²) >= 11 is 0. The van der Waals surface area contributed by atoms with E-state index in [1.807, 2.05) is 12.1 Å². The molecule has 1 saturated heterocycles. The van der Waals surface area contributed by atoms with E-state index in [4.69, 9.17) is 29.8 Å². The van der Waals surface area contributed by atoms with Crippen LogP contribution in [0, 0.1) is 11.3 Å². The minimum atomic E-state index is -1.82. The second kappa shape index (κ2) is 12.7. The summed E-state index contributed by atoms with van der Waals surface area (Å²) in [4.78, 5) is 23.3. The van der Waals surface area contributed by atoms with Gasteiger partial charge >= 0.3 is 11.9 Å². The summed E-state index contributed by atoms with van der Waals surface area (Å²) in [6.07, 6.45) is 2.26. The molecule has 0 spiro atoms. The summed E-state index contributed by atoms with van der Waals surface area (Å²) in [6, 6.07) is 9.43. The van der Waals surface area contributed by atoms with Gasteiger partial charge in [-0.1, -0.05) is 6.92 Å². The van der Waals surface area contributed by atoms with Gasteiger partial charge in [0, 0.05) is 26.2 Å². The summed E-state index contributed by atoms with van der Waals surface area (Å²) in [5.41, 5.74) is 0.675. The van der Waals surface area contributed by atoms with E-state index in [9.17, 15) is 0 Å². The van der Waals surface area contributed by atoms with Gasteiger partial charge in [0.05, 0.1) is 18.2 Å². The Hall–Kier alpha value is -2.63. The van der Waals surface area contributed by atoms with E-state index < -0.39 is 11.9 Å². The fraction of sp³-hybridized carbons (Fsp3) is 0.526. The van der Waals surface area contributed by atoms with Crippen LogP contribution in [-0.2, 0) is 9.59 Å². The van der Waals surface area contributed by atoms with Crippen LogP contribution in [0.5, 0.6) is 5.75 Å². The van der Waals surface area contributed by atoms with E-state index in [0.29, 0.717) is 5.56 Å². The van der Waals surface area contributed by atoms with Gasteiger partial charge in [-0.25, -0.2) is 9.59 Å². The number of rotatable bonds is 7. The first-order valence-electron chi connectivity index (χ1n) is 9.00. The number of ether oxygens (including phenoxy) is 1. The summed E-state index contributed by atoms with van der Waals surface area (Å²) < 4.78 is 5.69. The number of carboxylic acids is 2. The molecule has 0 bridgehead atoms. The van der Waals surface area contributed by atoms with Crippen LogP contribution in [0.4, 0.5) is 0 Å². The van der Waals surface area contributed by atoms with E-state index >= 15 is 0 Å². The molecule has 2 rings (SSSR count). The Bertz CT molecular complexity index is 607. The van der Waals surface area contributed by atoms with Gasteiger partial charge in [-0.05, 0) is 50.2 Å². The highest BCUT2D eigenvalue weighted by molar-refractivity contribution is 6.27. The zero-order valence-corrected chi connectivity index (χ0v) is 15.6. The van der Waals surface area contributed by atoms with Crippen LogP contribution < -0.4 is 4.74 Å². The number of nitrogens with zero attached hydrogens (tertiary/aromatic N) is 3. The fourth-order valence-corrected chi connectivity index (χ4v) is 2.58. The highest BCUT2D eigenvalue weighted by Crippen LogP contribution is 2.12. The molecule has 0 amide bonds. The average molecular weight is 377 g/mol. The molecular formula is C19H27N3O5. The number of likely N-dealkylation sites (N-methyl/N-ethyl adjacent to an activating group) is 1. The van der Waals surface area contributed by atoms with Crippen LogP contribution >= 0.6 is 0 Å². The Kier molecular flexibility index (Phi) is 10.5. The molecule has 1 aromatic carbocycles. The van der Waals surface area contributed by atoms with Crippen molar-refractivity contribution in [1.82, 2.24) is 9.80 Å². The van der Waals surface area contributed by atoms with Gasteiger partial charge < -0.3 is 24.7 Å². The Morgan fingerprint density at radius 3 is 2.07 bits per heavy atom. The third-order valence-corrected chi connectivity index (χ3v) is 4.22. The number of carboxylic acid groups (broad SMARTS) is 2. The Morgan fingerprint density at radius 1 is 1.04 bits per heavy atom. The number of hydrogen-bond donors (Lipinski definition) is 2. The average Bonchev–Trinajstić information content (AvgIpc) is 2.69. The molecule has 1 aliphatic heterocycles. The quantitative estimate of drug-likeness (QED) is 0.543. The maximum atomic E-state index is 9.10. The van der Waals surface area contributed by atoms with Crippen molar-refractivity contribution in [2.24, 2.45) is 0 Å². The zero-order chi connectivity index (χ0) is 20.1. The number of unbranched alkanes of at least 4 members (excludes halogenated alkanes) is 1. The molecule has 0 unspecified atom stereocenters. The molecule has 0 atom stereocenters. The normalized spacial score (nSPS) is 14.5. The maximum absolute atomic E-state index is 9.10. The number of benzene rings is 1. The standard InChI is InChI=1S/C17H25N3O.C2H2O4/c1-2-19-10-12-20(13-11-19)9-3-4-14-21-17-7-5-16(15-18)6-8-17;3-1(4)2(5)6/h5-8H,2-4,9-14H2,1H3;(H,3,4)(H,5,6). The van der Waals surface area contributed by atoms with Crippen LogP contribution in [-0.4, -0.2) is 77.8 Å². The monoisotopic (exact) mass is 377 g/mol. The Morgan fingerprint density at radius 2 is 1.59 bits per heavy atom. The Labute approximate surface area is 159 Å². The van der Waals surface area contributed by atoms with E-state index in [0.717, 1.165) is 18.8 Å². The smallest absolute Gasteiger partial charge is 0.414 e. The zero-order valence-electron chi connectivity index (χ0n) is 15.6. The van der Waals surface area contributed by atoms with Gasteiger partial charge in [-0.3, -0.25) is 0 Å². The fourth-order valence-electron chi connectivity index (χ4n) is 2.58. The van der Waals surface area contributed by atoms with Gasteiger partial charge in [-0.15, -0.1) is 0 Å². The van der Waals surface area contributed by atoms with Crippen LogP contribution in [0.2, 0.25) is 0 Å². The number of piperazine rings is 1. The van der Waals surface area contributed by atoms with Gasteiger partial charge in [0.15, 0.2) is 0 Å². The lowest BCUT2D eigenvalue weighted by Gasteiger charge is -2.33. The lowest BCUT2D eigenvalue weighted by Crippen LogP contribution is -2.46. The predicted molar refractivity (Wildman–Crippen MR) is 99.7 cm³/mol. The topological polar surface area (TPSA) is 114 Å². The van der Waals surface area contributed by atoms with Gasteiger partial charge in [-0.2, -0.15) is 5.26 Å². The molecule has 2 N–H and O–H groups in total. The lowest BCUT2D eigenvalue weighted by atomic mass is 10.2. The summed E-state index contributed by atoms with van der Waals surface area (Å²) in [6.45, 7) is 10.1. The molecule has 0 radical (unpaired) electrons. The predicted octanol–water partition coefficient (Wildman–Crippen LogP) is 1.51. The maximum Gasteiger partial charge on any atom is 0.414 e. The molecule has 1 heterocycles. The number of hydrogen-bond acceptors (Lipinski definition) is 6. The van der Waals surface area contributed by atoms with E-state index in [-0.39, 0.29) is 0 Å². The van der Waals surface area contributed by atoms with E-state index in [1.54, 1.807) is 12.1 Å². The van der Waals surface area contributed by atoms with Crippen LogP contribution in [0.1, 0.15) is 25.3 Å². The molecule has 0 saturated carbocycles. The van der Waals surface area contributed by atoms with Crippen molar-refractivity contribution in [3.05, 3.63) is 29.8 Å². The van der Waals surface area contributed by atoms with Crippen molar-refractivity contribution < 1.29 is 24.5 Å². The second-order valence-electron chi connectivity index (χ2n) is 6.08. The van der Waals surface area contributed by atoms with Crippen molar-refractivity contribution in [1.29, 1.82) is 5.26 Å². The van der Waals surface area contributed by atoms with Crippen LogP contribution in [0.25, 0.3) is 0 Å². The minimum Gasteiger partial charge on any atom is -0.494 e. The molecule has 1 fully saturated rings. The van der Waals surface area contributed by atoms with Gasteiger partial charge in [0.2, 0.25) is 0 Å². The Balaban J connectivity index is 0.000000527. The van der Waals surface area contributed by atoms with Gasteiger partial charge in [0.25, 0.3) is 0 Å². The number of aliphatic carboxylic acids is 2. The lowest BCUT2D eigenvalue weighted by molar-refractivity contribution is -0.159. The molecular weight excluding hydrogens is 350 g/mol. The van der Waals surface area contributed by atoms with Gasteiger partial charge in [0.1, 0.15) is 5.75 Å². The molecule has 1 aromatic rings. The number of nitriles is 1. The highest BCUT2D eigenvalue weighted by atomic mass is 16.5. The number of carbonyl (C=O) groups is 2. The molecule has 148 valence electrons. The van der Waals surface area contributed by atoms with Crippen LogP contribution in [0.3, 0.4) is 0 Å². The minimum absolute atomic E-state index is 0.675. The first kappa shape index (κ1) is 22.4. The van der Waals surface area contributed by atoms with Crippen molar-refractivity contribution in [2.45, 2.75) is 19.8 Å². The van der Waals surface area contributed by atoms with Crippen molar-refractivity contribution in [3.63, 3.8) is 0 Å². The van der Waals surface area contributed by atoms with Crippen molar-refractivity contribution in [3.8, 4) is 11.8 Å². The summed E-state index contributed by atoms with van der Waals surface area (Å²) in [7, 11) is 0. The molecule has 8 heteroatoms. The first-order chi connectivity index (χ1) is 13.0. The molecule has 0 aromatic heterocycles. The molecule has 27 heavy (non-hydrogen) atoms. The summed E-state index contributed by atoms with van der Waals surface area (Å²) in [5, 5.41) is 23.5. The highest BCUT2D eigenvalue weighted by Gasteiger charge is 2.14. The largest absolute Gasteiger partial charge is 0.494 e. The second-order valence-corrected chi connectivity index (χ2v) is 6.08. The van der Waals surface area contributed by atoms with E-state index in [1.165, 1.54) is 45.7 Å². The summed E-state index contributed by atoms with van der Waals surface area (Å²) in [5.74, 6) is -2.80. The third-order valence-electron chi connectivity index (χ3n) is 4.22. The van der Waals surface area contributed by atoms with Crippen molar-refractivity contribution >= 4 is 11.9 Å². The van der Waals surface area contributed by atoms with Crippen molar-refractivity contribution in [2.75, 3.05) is 45.9 Å². The molecule has 1 aliphatic rings. The molecule has 0 aliphatic carbocycles. The third kappa shape index (κ3) is 9.58.